The normalized spacial score (nSPS) is 23.2. The number of hydrogen-bond acceptors (Lipinski definition) is 3. The molecule has 3 N–H and O–H groups in total. The number of carboxylic acids is 1. The summed E-state index contributed by atoms with van der Waals surface area (Å²) in [7, 11) is 0. The Hall–Kier alpha value is -1.10. The van der Waals surface area contributed by atoms with Crippen LogP contribution in [0.15, 0.2) is 0 Å². The fraction of sp³-hybridized carbons (Fsp3) is 0.867. The van der Waals surface area contributed by atoms with Crippen LogP contribution in [-0.4, -0.2) is 35.6 Å². The molecule has 1 saturated carbocycles. The summed E-state index contributed by atoms with van der Waals surface area (Å²) in [4.78, 5) is 23.3. The van der Waals surface area contributed by atoms with Gasteiger partial charge in [-0.3, -0.25) is 9.59 Å². The summed E-state index contributed by atoms with van der Waals surface area (Å²) in [5.41, 5.74) is -0.492. The zero-order valence-electron chi connectivity index (χ0n) is 12.1. The van der Waals surface area contributed by atoms with E-state index in [4.69, 9.17) is 5.11 Å². The number of nitrogens with one attached hydrogen (secondary N) is 2. The molecule has 0 spiro atoms. The molecule has 0 unspecified atom stereocenters. The Morgan fingerprint density at radius 2 is 1.80 bits per heavy atom. The van der Waals surface area contributed by atoms with Crippen molar-refractivity contribution in [3.8, 4) is 0 Å². The van der Waals surface area contributed by atoms with Gasteiger partial charge in [0.25, 0.3) is 0 Å². The Morgan fingerprint density at radius 3 is 2.40 bits per heavy atom. The van der Waals surface area contributed by atoms with Gasteiger partial charge in [0.2, 0.25) is 5.91 Å². The largest absolute Gasteiger partial charge is 0.481 e. The molecule has 1 heterocycles. The van der Waals surface area contributed by atoms with Gasteiger partial charge in [-0.15, -0.1) is 0 Å². The molecule has 2 aliphatic rings. The van der Waals surface area contributed by atoms with E-state index in [2.05, 4.69) is 10.6 Å². The first-order valence-electron chi connectivity index (χ1n) is 7.83. The maximum atomic E-state index is 12.2. The Morgan fingerprint density at radius 1 is 1.15 bits per heavy atom. The van der Waals surface area contributed by atoms with Gasteiger partial charge in [-0.25, -0.2) is 0 Å². The fourth-order valence-corrected chi connectivity index (χ4v) is 3.56. The monoisotopic (exact) mass is 282 g/mol. The predicted molar refractivity (Wildman–Crippen MR) is 76.4 cm³/mol. The molecular weight excluding hydrogens is 256 g/mol. The molecule has 0 radical (unpaired) electrons. The highest BCUT2D eigenvalue weighted by Crippen LogP contribution is 2.31. The van der Waals surface area contributed by atoms with Crippen molar-refractivity contribution in [1.82, 2.24) is 10.6 Å². The van der Waals surface area contributed by atoms with Crippen LogP contribution < -0.4 is 10.6 Å². The van der Waals surface area contributed by atoms with E-state index in [1.165, 1.54) is 0 Å². The third-order valence-corrected chi connectivity index (χ3v) is 4.64. The molecule has 2 fully saturated rings. The highest BCUT2D eigenvalue weighted by molar-refractivity contribution is 5.78. The number of carbonyl (C=O) groups is 2. The van der Waals surface area contributed by atoms with Crippen molar-refractivity contribution >= 4 is 11.9 Å². The molecule has 0 bridgehead atoms. The molecule has 0 aromatic rings. The Balaban J connectivity index is 1.89. The molecule has 5 heteroatoms. The molecule has 0 aromatic heterocycles. The van der Waals surface area contributed by atoms with E-state index in [1.807, 2.05) is 0 Å². The van der Waals surface area contributed by atoms with Gasteiger partial charge in [-0.1, -0.05) is 19.3 Å². The van der Waals surface area contributed by atoms with Gasteiger partial charge in [0.05, 0.1) is 12.0 Å². The molecule has 5 nitrogen and oxygen atoms in total. The summed E-state index contributed by atoms with van der Waals surface area (Å²) in [6, 6.07) is 0. The summed E-state index contributed by atoms with van der Waals surface area (Å²) in [6.45, 7) is 1.97. The van der Waals surface area contributed by atoms with Crippen LogP contribution in [0.1, 0.15) is 57.8 Å². The average Bonchev–Trinajstić information content (AvgIpc) is 2.39. The van der Waals surface area contributed by atoms with E-state index in [0.29, 0.717) is 12.3 Å². The lowest BCUT2D eigenvalue weighted by molar-refractivity contribution is -0.139. The topological polar surface area (TPSA) is 78.4 Å². The van der Waals surface area contributed by atoms with Crippen LogP contribution in [0.2, 0.25) is 0 Å². The van der Waals surface area contributed by atoms with E-state index >= 15 is 0 Å². The van der Waals surface area contributed by atoms with Crippen molar-refractivity contribution in [3.63, 3.8) is 0 Å². The van der Waals surface area contributed by atoms with Crippen LogP contribution in [0.25, 0.3) is 0 Å². The smallest absolute Gasteiger partial charge is 0.305 e. The summed E-state index contributed by atoms with van der Waals surface area (Å²) in [6.07, 6.45) is 7.47. The van der Waals surface area contributed by atoms with Gasteiger partial charge >= 0.3 is 5.97 Å². The molecule has 1 amide bonds. The zero-order chi connectivity index (χ0) is 14.4. The highest BCUT2D eigenvalue weighted by atomic mass is 16.4. The van der Waals surface area contributed by atoms with E-state index in [0.717, 1.165) is 58.0 Å². The van der Waals surface area contributed by atoms with Gasteiger partial charge in [0.15, 0.2) is 0 Å². The standard InChI is InChI=1S/C15H26N2O3/c18-13(10-12-4-8-16-9-5-12)17-15(11-14(19)20)6-2-1-3-7-15/h12,16H,1-11H2,(H,17,18)(H,19,20). The number of carbonyl (C=O) groups excluding carboxylic acids is 1. The lowest BCUT2D eigenvalue weighted by Crippen LogP contribution is -2.51. The molecule has 2 rings (SSSR count). The number of rotatable bonds is 5. The molecule has 1 aliphatic carbocycles. The van der Waals surface area contributed by atoms with Crippen LogP contribution in [0.4, 0.5) is 0 Å². The van der Waals surface area contributed by atoms with Crippen molar-refractivity contribution in [2.24, 2.45) is 5.92 Å². The zero-order valence-corrected chi connectivity index (χ0v) is 12.1. The number of amides is 1. The first-order valence-corrected chi connectivity index (χ1v) is 7.83. The lowest BCUT2D eigenvalue weighted by Gasteiger charge is -2.37. The van der Waals surface area contributed by atoms with Gasteiger partial charge in [-0.2, -0.15) is 0 Å². The minimum atomic E-state index is -0.811. The summed E-state index contributed by atoms with van der Waals surface area (Å²) < 4.78 is 0. The first-order chi connectivity index (χ1) is 9.60. The van der Waals surface area contributed by atoms with E-state index in [9.17, 15) is 9.59 Å². The number of carboxylic acid groups (broad SMARTS) is 1. The number of aliphatic carboxylic acids is 1. The third-order valence-electron chi connectivity index (χ3n) is 4.64. The van der Waals surface area contributed by atoms with E-state index < -0.39 is 11.5 Å². The SMILES string of the molecule is O=C(O)CC1(NC(=O)CC2CCNCC2)CCCCC1. The van der Waals surface area contributed by atoms with Crippen molar-refractivity contribution in [2.75, 3.05) is 13.1 Å². The van der Waals surface area contributed by atoms with Gasteiger partial charge in [-0.05, 0) is 44.7 Å². The second kappa shape index (κ2) is 7.07. The molecular formula is C15H26N2O3. The fourth-order valence-electron chi connectivity index (χ4n) is 3.56. The minimum Gasteiger partial charge on any atom is -0.481 e. The van der Waals surface area contributed by atoms with Gasteiger partial charge < -0.3 is 15.7 Å². The van der Waals surface area contributed by atoms with Crippen molar-refractivity contribution in [3.05, 3.63) is 0 Å². The van der Waals surface area contributed by atoms with Crippen LogP contribution in [-0.2, 0) is 9.59 Å². The maximum Gasteiger partial charge on any atom is 0.305 e. The van der Waals surface area contributed by atoms with E-state index in [-0.39, 0.29) is 12.3 Å². The molecule has 1 saturated heterocycles. The highest BCUT2D eigenvalue weighted by Gasteiger charge is 2.36. The maximum absolute atomic E-state index is 12.2. The average molecular weight is 282 g/mol. The van der Waals surface area contributed by atoms with Gasteiger partial charge in [0.1, 0.15) is 0 Å². The second-order valence-corrected chi connectivity index (χ2v) is 6.36. The van der Waals surface area contributed by atoms with Crippen molar-refractivity contribution < 1.29 is 14.7 Å². The molecule has 1 aliphatic heterocycles. The van der Waals surface area contributed by atoms with Crippen LogP contribution in [0.5, 0.6) is 0 Å². The quantitative estimate of drug-likeness (QED) is 0.717. The Kier molecular flexibility index (Phi) is 5.40. The van der Waals surface area contributed by atoms with Crippen LogP contribution >= 0.6 is 0 Å². The van der Waals surface area contributed by atoms with E-state index in [1.54, 1.807) is 0 Å². The Bertz CT molecular complexity index is 345. The van der Waals surface area contributed by atoms with Crippen molar-refractivity contribution in [1.29, 1.82) is 0 Å². The predicted octanol–water partition coefficient (Wildman–Crippen LogP) is 1.67. The number of hydrogen-bond donors (Lipinski definition) is 3. The minimum absolute atomic E-state index is 0.0417. The molecule has 0 aromatic carbocycles. The Labute approximate surface area is 120 Å². The summed E-state index contributed by atoms with van der Waals surface area (Å²) in [5.74, 6) is -0.323. The van der Waals surface area contributed by atoms with Crippen molar-refractivity contribution in [2.45, 2.75) is 63.3 Å². The summed E-state index contributed by atoms with van der Waals surface area (Å²) in [5, 5.41) is 15.5. The number of piperidine rings is 1. The first kappa shape index (κ1) is 15.3. The molecule has 0 atom stereocenters. The summed E-state index contributed by atoms with van der Waals surface area (Å²) >= 11 is 0. The van der Waals surface area contributed by atoms with Gasteiger partial charge in [0, 0.05) is 6.42 Å². The second-order valence-electron chi connectivity index (χ2n) is 6.36. The van der Waals surface area contributed by atoms with Crippen LogP contribution in [0.3, 0.4) is 0 Å². The molecule has 20 heavy (non-hydrogen) atoms. The molecule has 114 valence electrons. The van der Waals surface area contributed by atoms with Crippen LogP contribution in [0, 0.1) is 5.92 Å². The third kappa shape index (κ3) is 4.47. The lowest BCUT2D eigenvalue weighted by atomic mass is 9.79.